The third kappa shape index (κ3) is 7.46. The molecule has 0 aromatic heterocycles. The maximum absolute atomic E-state index is 13.0. The number of rotatable bonds is 9. The molecule has 33 heavy (non-hydrogen) atoms. The second-order valence-electron chi connectivity index (χ2n) is 10.4. The van der Waals surface area contributed by atoms with Gasteiger partial charge >= 0.3 is 0 Å². The van der Waals surface area contributed by atoms with Crippen LogP contribution in [0.2, 0.25) is 0 Å². The van der Waals surface area contributed by atoms with Crippen LogP contribution < -0.4 is 15.5 Å². The number of nitrogens with one attached hydrogen (secondary N) is 2. The average Bonchev–Trinajstić information content (AvgIpc) is 2.79. The van der Waals surface area contributed by atoms with Crippen molar-refractivity contribution in [1.82, 2.24) is 15.5 Å². The molecule has 1 heterocycles. The molecule has 2 amide bonds. The summed E-state index contributed by atoms with van der Waals surface area (Å²) >= 11 is 0. The highest BCUT2D eigenvalue weighted by Gasteiger charge is 2.32. The lowest BCUT2D eigenvalue weighted by Crippen LogP contribution is -2.50. The molecule has 6 nitrogen and oxygen atoms in total. The van der Waals surface area contributed by atoms with Gasteiger partial charge in [0.05, 0.1) is 5.92 Å². The molecule has 1 aromatic rings. The Balaban J connectivity index is 1.55. The Kier molecular flexibility index (Phi) is 9.60. The zero-order valence-corrected chi connectivity index (χ0v) is 21.1. The molecule has 3 unspecified atom stereocenters. The zero-order valence-electron chi connectivity index (χ0n) is 21.1. The van der Waals surface area contributed by atoms with Gasteiger partial charge in [0.15, 0.2) is 0 Å². The quantitative estimate of drug-likeness (QED) is 0.588. The van der Waals surface area contributed by atoms with Crippen LogP contribution in [0.4, 0.5) is 5.69 Å². The van der Waals surface area contributed by atoms with E-state index in [1.807, 2.05) is 12.1 Å². The lowest BCUT2D eigenvalue weighted by Gasteiger charge is -2.36. The minimum absolute atomic E-state index is 0.0748. The molecular weight excluding hydrogens is 412 g/mol. The highest BCUT2D eigenvalue weighted by molar-refractivity contribution is 5.95. The summed E-state index contributed by atoms with van der Waals surface area (Å²) in [5.41, 5.74) is 1.85. The number of carbonyl (C=O) groups excluding carboxylic acids is 2. The number of benzene rings is 1. The molecule has 1 saturated carbocycles. The van der Waals surface area contributed by atoms with Gasteiger partial charge in [0.1, 0.15) is 0 Å². The van der Waals surface area contributed by atoms with Crippen molar-refractivity contribution in [1.29, 1.82) is 0 Å². The van der Waals surface area contributed by atoms with Crippen LogP contribution >= 0.6 is 0 Å². The standard InChI is InChI=1S/C27H44N4O2/c1-5-14-30-15-17-31(18-16-30)23-12-10-22(11-13-23)26(32)29-25-9-7-6-8-24(25)27(33)28-21(4)19-20(2)3/h10-13,20-21,24-25H,5-9,14-19H2,1-4H3,(H,28,33)(H,29,32). The predicted octanol–water partition coefficient (Wildman–Crippen LogP) is 4.06. The lowest BCUT2D eigenvalue weighted by atomic mass is 9.83. The lowest BCUT2D eigenvalue weighted by molar-refractivity contribution is -0.127. The van der Waals surface area contributed by atoms with E-state index >= 15 is 0 Å². The summed E-state index contributed by atoms with van der Waals surface area (Å²) in [6.45, 7) is 14.1. The molecule has 1 aromatic carbocycles. The third-order valence-corrected chi connectivity index (χ3v) is 7.04. The Hall–Kier alpha value is -2.08. The Morgan fingerprint density at radius 3 is 2.30 bits per heavy atom. The molecular formula is C27H44N4O2. The van der Waals surface area contributed by atoms with E-state index in [1.54, 1.807) is 0 Å². The van der Waals surface area contributed by atoms with Gasteiger partial charge in [-0.2, -0.15) is 0 Å². The SMILES string of the molecule is CCCN1CCN(c2ccc(C(=O)NC3CCCCC3C(=O)NC(C)CC(C)C)cc2)CC1. The molecule has 2 N–H and O–H groups in total. The Bertz CT molecular complexity index is 756. The fraction of sp³-hybridized carbons (Fsp3) is 0.704. The molecule has 3 atom stereocenters. The number of carbonyl (C=O) groups is 2. The Morgan fingerprint density at radius 2 is 1.67 bits per heavy atom. The van der Waals surface area contributed by atoms with Crippen LogP contribution in [0.1, 0.15) is 76.6 Å². The van der Waals surface area contributed by atoms with Crippen molar-refractivity contribution < 1.29 is 9.59 Å². The van der Waals surface area contributed by atoms with Crippen molar-refractivity contribution in [2.75, 3.05) is 37.6 Å². The topological polar surface area (TPSA) is 64.7 Å². The Labute approximate surface area is 200 Å². The highest BCUT2D eigenvalue weighted by atomic mass is 16.2. The van der Waals surface area contributed by atoms with E-state index in [9.17, 15) is 9.59 Å². The van der Waals surface area contributed by atoms with Crippen LogP contribution in [0.3, 0.4) is 0 Å². The van der Waals surface area contributed by atoms with Crippen LogP contribution in [0.5, 0.6) is 0 Å². The van der Waals surface area contributed by atoms with Gasteiger partial charge in [0.2, 0.25) is 5.91 Å². The molecule has 0 spiro atoms. The Morgan fingerprint density at radius 1 is 1.00 bits per heavy atom. The fourth-order valence-electron chi connectivity index (χ4n) is 5.35. The first-order valence-corrected chi connectivity index (χ1v) is 13.1. The van der Waals surface area contributed by atoms with Gasteiger partial charge in [-0.3, -0.25) is 14.5 Å². The second-order valence-corrected chi connectivity index (χ2v) is 10.4. The number of amides is 2. The van der Waals surface area contributed by atoms with Gasteiger partial charge in [-0.05, 0) is 69.3 Å². The number of piperazine rings is 1. The molecule has 3 rings (SSSR count). The van der Waals surface area contributed by atoms with Crippen LogP contribution in [0.15, 0.2) is 24.3 Å². The molecule has 6 heteroatoms. The molecule has 2 aliphatic rings. The van der Waals surface area contributed by atoms with E-state index in [0.717, 1.165) is 58.3 Å². The monoisotopic (exact) mass is 456 g/mol. The average molecular weight is 457 g/mol. The van der Waals surface area contributed by atoms with Gasteiger partial charge in [-0.1, -0.05) is 33.6 Å². The van der Waals surface area contributed by atoms with Gasteiger partial charge < -0.3 is 15.5 Å². The smallest absolute Gasteiger partial charge is 0.251 e. The van der Waals surface area contributed by atoms with Crippen molar-refractivity contribution >= 4 is 17.5 Å². The summed E-state index contributed by atoms with van der Waals surface area (Å²) in [6, 6.07) is 8.03. The van der Waals surface area contributed by atoms with E-state index < -0.39 is 0 Å². The minimum Gasteiger partial charge on any atom is -0.369 e. The normalized spacial score (nSPS) is 22.8. The number of hydrogen-bond donors (Lipinski definition) is 2. The van der Waals surface area contributed by atoms with Crippen LogP contribution in [0.25, 0.3) is 0 Å². The van der Waals surface area contributed by atoms with Crippen LogP contribution in [0, 0.1) is 11.8 Å². The molecule has 1 aliphatic heterocycles. The van der Waals surface area contributed by atoms with Crippen molar-refractivity contribution in [3.63, 3.8) is 0 Å². The molecule has 184 valence electrons. The molecule has 2 fully saturated rings. The molecule has 0 radical (unpaired) electrons. The highest BCUT2D eigenvalue weighted by Crippen LogP contribution is 2.26. The van der Waals surface area contributed by atoms with E-state index in [4.69, 9.17) is 0 Å². The minimum atomic E-state index is -0.143. The zero-order chi connectivity index (χ0) is 23.8. The van der Waals surface area contributed by atoms with Crippen LogP contribution in [-0.2, 0) is 4.79 Å². The number of nitrogens with zero attached hydrogens (tertiary/aromatic N) is 2. The summed E-state index contributed by atoms with van der Waals surface area (Å²) in [5, 5.41) is 6.36. The van der Waals surface area contributed by atoms with Crippen molar-refractivity contribution in [3.05, 3.63) is 29.8 Å². The van der Waals surface area contributed by atoms with Crippen molar-refractivity contribution in [3.8, 4) is 0 Å². The summed E-state index contributed by atoms with van der Waals surface area (Å²) in [4.78, 5) is 30.8. The van der Waals surface area contributed by atoms with Gasteiger partial charge in [-0.25, -0.2) is 0 Å². The van der Waals surface area contributed by atoms with Gasteiger partial charge in [0.25, 0.3) is 5.91 Å². The predicted molar refractivity (Wildman–Crippen MR) is 136 cm³/mol. The number of anilines is 1. The fourth-order valence-corrected chi connectivity index (χ4v) is 5.35. The maximum atomic E-state index is 13.0. The second kappa shape index (κ2) is 12.4. The summed E-state index contributed by atoms with van der Waals surface area (Å²) in [7, 11) is 0. The van der Waals surface area contributed by atoms with Crippen molar-refractivity contribution in [2.24, 2.45) is 11.8 Å². The number of hydrogen-bond acceptors (Lipinski definition) is 4. The first-order valence-electron chi connectivity index (χ1n) is 13.1. The summed E-state index contributed by atoms with van der Waals surface area (Å²) < 4.78 is 0. The first kappa shape index (κ1) is 25.5. The van der Waals surface area contributed by atoms with Gasteiger partial charge in [0, 0.05) is 49.5 Å². The van der Waals surface area contributed by atoms with E-state index in [2.05, 4.69) is 60.3 Å². The van der Waals surface area contributed by atoms with Crippen LogP contribution in [-0.4, -0.2) is 61.5 Å². The summed E-state index contributed by atoms with van der Waals surface area (Å²) in [6.07, 6.45) is 5.97. The molecule has 1 aliphatic carbocycles. The van der Waals surface area contributed by atoms with E-state index in [0.29, 0.717) is 11.5 Å². The largest absolute Gasteiger partial charge is 0.369 e. The first-order chi connectivity index (χ1) is 15.9. The van der Waals surface area contributed by atoms with Crippen molar-refractivity contribution in [2.45, 2.75) is 78.3 Å². The molecule has 0 bridgehead atoms. The molecule has 1 saturated heterocycles. The van der Waals surface area contributed by atoms with E-state index in [1.165, 1.54) is 18.7 Å². The van der Waals surface area contributed by atoms with Gasteiger partial charge in [-0.15, -0.1) is 0 Å². The van der Waals surface area contributed by atoms with E-state index in [-0.39, 0.29) is 29.8 Å². The summed E-state index contributed by atoms with van der Waals surface area (Å²) in [5.74, 6) is 0.418. The third-order valence-electron chi connectivity index (χ3n) is 7.04. The maximum Gasteiger partial charge on any atom is 0.251 e.